The maximum atomic E-state index is 13.9. The second-order valence-electron chi connectivity index (χ2n) is 15.9. The van der Waals surface area contributed by atoms with Gasteiger partial charge in [-0.1, -0.05) is 68.8 Å². The Hall–Kier alpha value is -2.39. The third kappa shape index (κ3) is 5.61. The summed E-state index contributed by atoms with van der Waals surface area (Å²) in [6.07, 6.45) is -1.79. The molecule has 2 aromatic rings. The van der Waals surface area contributed by atoms with Crippen LogP contribution in [0.25, 0.3) is 0 Å². The summed E-state index contributed by atoms with van der Waals surface area (Å²) < 4.78 is 60.5. The van der Waals surface area contributed by atoms with Gasteiger partial charge in [-0.3, -0.25) is 0 Å². The van der Waals surface area contributed by atoms with E-state index in [4.69, 9.17) is 14.2 Å². The molecule has 0 aromatic heterocycles. The summed E-state index contributed by atoms with van der Waals surface area (Å²) in [5.74, 6) is -0.426. The van der Waals surface area contributed by atoms with Gasteiger partial charge in [0.2, 0.25) is 0 Å². The van der Waals surface area contributed by atoms with Gasteiger partial charge in [-0.2, -0.15) is 13.2 Å². The van der Waals surface area contributed by atoms with E-state index >= 15 is 0 Å². The maximum Gasteiger partial charge on any atom is 0.391 e. The van der Waals surface area contributed by atoms with Gasteiger partial charge in [0.05, 0.1) is 30.8 Å². The van der Waals surface area contributed by atoms with Crippen LogP contribution in [0.15, 0.2) is 65.7 Å². The van der Waals surface area contributed by atoms with Crippen LogP contribution in [0.5, 0.6) is 5.75 Å². The van der Waals surface area contributed by atoms with Crippen LogP contribution < -0.4 is 4.74 Å². The number of hydrogen-bond acceptors (Lipinski definition) is 5. The Morgan fingerprint density at radius 1 is 0.891 bits per heavy atom. The molecule has 0 bridgehead atoms. The second-order valence-corrected chi connectivity index (χ2v) is 15.9. The molecular formula is C38H47F3O5. The van der Waals surface area contributed by atoms with Crippen molar-refractivity contribution in [2.45, 2.75) is 114 Å². The van der Waals surface area contributed by atoms with E-state index in [1.165, 1.54) is 5.57 Å². The standard InChI is InChI=1S/C38H47F3O5/c1-33(2)23-45-37(46-24-33)18-15-31-32-28(13-16-35(31,42)21-37)30-14-17-36(43,22-38(39,40)41)34(30,3)19-29(32)26-9-11-27(12-10-26)44-20-25-7-5-4-6-8-25/h4-12,28-30,42-43H,13-24H2,1-3H3/t28?,29-,30?,34+,35-,36-/m1/s1. The number of benzene rings is 2. The number of rotatable bonds is 5. The van der Waals surface area contributed by atoms with Gasteiger partial charge in [-0.25, -0.2) is 0 Å². The number of aliphatic hydroxyl groups is 2. The van der Waals surface area contributed by atoms with E-state index in [1.54, 1.807) is 0 Å². The van der Waals surface area contributed by atoms with E-state index in [2.05, 4.69) is 13.8 Å². The zero-order valence-electron chi connectivity index (χ0n) is 27.2. The second kappa shape index (κ2) is 11.1. The molecule has 250 valence electrons. The first kappa shape index (κ1) is 32.2. The van der Waals surface area contributed by atoms with Gasteiger partial charge in [-0.15, -0.1) is 0 Å². The molecule has 2 aromatic carbocycles. The van der Waals surface area contributed by atoms with Crippen molar-refractivity contribution in [1.29, 1.82) is 0 Å². The number of allylic oxidation sites excluding steroid dienone is 1. The van der Waals surface area contributed by atoms with Gasteiger partial charge in [0, 0.05) is 29.6 Å². The summed E-state index contributed by atoms with van der Waals surface area (Å²) in [5, 5.41) is 24.2. The van der Waals surface area contributed by atoms with Crippen molar-refractivity contribution < 1.29 is 37.6 Å². The Balaban J connectivity index is 1.25. The molecule has 7 rings (SSSR count). The lowest BCUT2D eigenvalue weighted by Gasteiger charge is -2.58. The van der Waals surface area contributed by atoms with Crippen molar-refractivity contribution in [3.8, 4) is 5.75 Å². The minimum atomic E-state index is -4.46. The molecule has 4 aliphatic carbocycles. The summed E-state index contributed by atoms with van der Waals surface area (Å²) in [4.78, 5) is 0. The molecular weight excluding hydrogens is 593 g/mol. The first-order chi connectivity index (χ1) is 21.6. The summed E-state index contributed by atoms with van der Waals surface area (Å²) in [6, 6.07) is 17.8. The SMILES string of the molecule is CC1(C)COC2(CCC3=C4C(CC[C@@]3(O)C2)C2CC[C@@](O)(CC(F)(F)F)[C@@]2(C)C[C@@H]4c2ccc(OCc3ccccc3)cc2)OC1. The maximum absolute atomic E-state index is 13.9. The minimum absolute atomic E-state index is 0.00327. The third-order valence-corrected chi connectivity index (χ3v) is 12.2. The molecule has 0 radical (unpaired) electrons. The summed E-state index contributed by atoms with van der Waals surface area (Å²) in [6.45, 7) is 7.68. The first-order valence-electron chi connectivity index (χ1n) is 16.9. The van der Waals surface area contributed by atoms with Crippen LogP contribution in [-0.4, -0.2) is 46.6 Å². The molecule has 1 aliphatic heterocycles. The fourth-order valence-electron chi connectivity index (χ4n) is 9.81. The van der Waals surface area contributed by atoms with Crippen molar-refractivity contribution in [3.63, 3.8) is 0 Å². The van der Waals surface area contributed by atoms with Crippen LogP contribution in [0, 0.1) is 22.7 Å². The lowest BCUT2D eigenvalue weighted by molar-refractivity contribution is -0.322. The Kier molecular flexibility index (Phi) is 7.75. The largest absolute Gasteiger partial charge is 0.489 e. The van der Waals surface area contributed by atoms with Crippen molar-refractivity contribution in [3.05, 3.63) is 76.9 Å². The molecule has 3 saturated carbocycles. The molecule has 5 aliphatic rings. The van der Waals surface area contributed by atoms with Gasteiger partial charge in [0.15, 0.2) is 5.79 Å². The molecule has 4 fully saturated rings. The van der Waals surface area contributed by atoms with Crippen molar-refractivity contribution >= 4 is 0 Å². The fourth-order valence-corrected chi connectivity index (χ4v) is 9.81. The van der Waals surface area contributed by atoms with Gasteiger partial charge < -0.3 is 24.4 Å². The van der Waals surface area contributed by atoms with Gasteiger partial charge in [0.1, 0.15) is 12.4 Å². The molecule has 46 heavy (non-hydrogen) atoms. The van der Waals surface area contributed by atoms with E-state index in [-0.39, 0.29) is 29.6 Å². The summed E-state index contributed by atoms with van der Waals surface area (Å²) in [7, 11) is 0. The number of fused-ring (bicyclic) bond motifs is 4. The predicted octanol–water partition coefficient (Wildman–Crippen LogP) is 8.24. The zero-order valence-corrected chi connectivity index (χ0v) is 27.2. The monoisotopic (exact) mass is 640 g/mol. The highest BCUT2D eigenvalue weighted by atomic mass is 19.4. The number of halogens is 3. The predicted molar refractivity (Wildman–Crippen MR) is 168 cm³/mol. The fraction of sp³-hybridized carbons (Fsp3) is 0.632. The number of alkyl halides is 3. The van der Waals surface area contributed by atoms with Crippen LogP contribution in [0.1, 0.15) is 95.6 Å². The average Bonchev–Trinajstić information content (AvgIpc) is 3.26. The smallest absolute Gasteiger partial charge is 0.391 e. The van der Waals surface area contributed by atoms with E-state index in [0.717, 1.165) is 16.7 Å². The quantitative estimate of drug-likeness (QED) is 0.322. The van der Waals surface area contributed by atoms with Crippen LogP contribution in [0.4, 0.5) is 13.2 Å². The minimum Gasteiger partial charge on any atom is -0.489 e. The third-order valence-electron chi connectivity index (χ3n) is 12.2. The number of ether oxygens (including phenoxy) is 3. The zero-order chi connectivity index (χ0) is 32.6. The highest BCUT2D eigenvalue weighted by molar-refractivity contribution is 5.45. The van der Waals surface area contributed by atoms with E-state index in [1.807, 2.05) is 61.5 Å². The normalized spacial score (nSPS) is 36.6. The van der Waals surface area contributed by atoms with Crippen LogP contribution >= 0.6 is 0 Å². The Labute approximate surface area is 270 Å². The molecule has 2 N–H and O–H groups in total. The van der Waals surface area contributed by atoms with Crippen molar-refractivity contribution in [1.82, 2.24) is 0 Å². The topological polar surface area (TPSA) is 68.2 Å². The van der Waals surface area contributed by atoms with E-state index in [9.17, 15) is 23.4 Å². The van der Waals surface area contributed by atoms with Crippen LogP contribution in [0.2, 0.25) is 0 Å². The summed E-state index contributed by atoms with van der Waals surface area (Å²) in [5.41, 5.74) is 0.305. The lowest BCUT2D eigenvalue weighted by Crippen LogP contribution is -2.58. The highest BCUT2D eigenvalue weighted by Gasteiger charge is 2.66. The van der Waals surface area contributed by atoms with Crippen LogP contribution in [0.3, 0.4) is 0 Å². The summed E-state index contributed by atoms with van der Waals surface area (Å²) >= 11 is 0. The van der Waals surface area contributed by atoms with Crippen molar-refractivity contribution in [2.24, 2.45) is 22.7 Å². The Morgan fingerprint density at radius 2 is 1.59 bits per heavy atom. The molecule has 1 spiro atoms. The van der Waals surface area contributed by atoms with Crippen LogP contribution in [-0.2, 0) is 16.1 Å². The van der Waals surface area contributed by atoms with Crippen molar-refractivity contribution in [2.75, 3.05) is 13.2 Å². The first-order valence-corrected chi connectivity index (χ1v) is 16.9. The molecule has 0 amide bonds. The molecule has 5 nitrogen and oxygen atoms in total. The lowest BCUT2D eigenvalue weighted by atomic mass is 9.49. The van der Waals surface area contributed by atoms with Gasteiger partial charge >= 0.3 is 6.18 Å². The molecule has 1 heterocycles. The van der Waals surface area contributed by atoms with E-state index in [0.29, 0.717) is 70.5 Å². The van der Waals surface area contributed by atoms with E-state index < -0.39 is 35.0 Å². The molecule has 1 saturated heterocycles. The molecule has 2 unspecified atom stereocenters. The Morgan fingerprint density at radius 3 is 2.26 bits per heavy atom. The highest BCUT2D eigenvalue weighted by Crippen LogP contribution is 2.69. The average molecular weight is 641 g/mol. The Bertz CT molecular complexity index is 1460. The van der Waals surface area contributed by atoms with Gasteiger partial charge in [0.25, 0.3) is 0 Å². The molecule has 8 heteroatoms. The molecule has 6 atom stereocenters. The van der Waals surface area contributed by atoms with Gasteiger partial charge in [-0.05, 0) is 79.2 Å². The number of hydrogen-bond donors (Lipinski definition) is 2.